The third kappa shape index (κ3) is 3.61. The Labute approximate surface area is 169 Å². The van der Waals surface area contributed by atoms with Crippen LogP contribution < -0.4 is 5.32 Å². The van der Waals surface area contributed by atoms with Crippen molar-refractivity contribution in [2.45, 2.75) is 45.7 Å². The molecule has 29 heavy (non-hydrogen) atoms. The zero-order valence-corrected chi connectivity index (χ0v) is 16.6. The van der Waals surface area contributed by atoms with Gasteiger partial charge in [-0.2, -0.15) is 5.26 Å². The first kappa shape index (κ1) is 19.1. The van der Waals surface area contributed by atoms with Gasteiger partial charge < -0.3 is 9.88 Å². The Hall–Kier alpha value is -3.20. The summed E-state index contributed by atoms with van der Waals surface area (Å²) >= 11 is 0. The first-order valence-electron chi connectivity index (χ1n) is 9.91. The number of fused-ring (bicyclic) bond motifs is 3. The van der Waals surface area contributed by atoms with Crippen molar-refractivity contribution in [3.8, 4) is 6.07 Å². The number of nitrogens with one attached hydrogen (secondary N) is 1. The van der Waals surface area contributed by atoms with Gasteiger partial charge in [0, 0.05) is 34.8 Å². The summed E-state index contributed by atoms with van der Waals surface area (Å²) < 4.78 is 16.4. The fourth-order valence-corrected chi connectivity index (χ4v) is 4.08. The molecule has 2 aromatic heterocycles. The number of hydrogen-bond acceptors (Lipinski definition) is 3. The number of carbonyl (C=O) groups is 1. The molecule has 1 N–H and O–H groups in total. The van der Waals surface area contributed by atoms with Crippen molar-refractivity contribution in [2.24, 2.45) is 5.92 Å². The number of hydrogen-bond donors (Lipinski definition) is 1. The lowest BCUT2D eigenvalue weighted by molar-refractivity contribution is -0.124. The van der Waals surface area contributed by atoms with Crippen LogP contribution in [0.15, 0.2) is 36.5 Å². The summed E-state index contributed by atoms with van der Waals surface area (Å²) in [6.07, 6.45) is 3.92. The molecule has 0 aliphatic heterocycles. The SMILES string of the molecule is CC(C)C(=O)NC1CCc2c(c3cc(C#N)ccc3n2Cc2ncccc2F)C1. The number of aromatic nitrogens is 2. The highest BCUT2D eigenvalue weighted by molar-refractivity contribution is 5.87. The van der Waals surface area contributed by atoms with Crippen LogP contribution in [0.4, 0.5) is 4.39 Å². The van der Waals surface area contributed by atoms with E-state index in [0.717, 1.165) is 35.0 Å². The summed E-state index contributed by atoms with van der Waals surface area (Å²) in [6, 6.07) is 10.9. The van der Waals surface area contributed by atoms with Gasteiger partial charge in [-0.25, -0.2) is 4.39 Å². The van der Waals surface area contributed by atoms with E-state index in [4.69, 9.17) is 0 Å². The van der Waals surface area contributed by atoms with Crippen molar-refractivity contribution in [1.29, 1.82) is 5.26 Å². The molecule has 0 spiro atoms. The van der Waals surface area contributed by atoms with Gasteiger partial charge in [0.1, 0.15) is 5.82 Å². The van der Waals surface area contributed by atoms with Crippen LogP contribution in [0, 0.1) is 23.1 Å². The molecule has 0 radical (unpaired) electrons. The van der Waals surface area contributed by atoms with Crippen LogP contribution in [0.3, 0.4) is 0 Å². The lowest BCUT2D eigenvalue weighted by atomic mass is 9.90. The highest BCUT2D eigenvalue weighted by atomic mass is 19.1. The van der Waals surface area contributed by atoms with E-state index in [2.05, 4.69) is 20.9 Å². The second-order valence-corrected chi connectivity index (χ2v) is 7.89. The molecule has 0 saturated heterocycles. The maximum Gasteiger partial charge on any atom is 0.222 e. The van der Waals surface area contributed by atoms with Crippen molar-refractivity contribution in [3.63, 3.8) is 0 Å². The van der Waals surface area contributed by atoms with E-state index >= 15 is 0 Å². The first-order chi connectivity index (χ1) is 14.0. The summed E-state index contributed by atoms with van der Waals surface area (Å²) in [5.41, 5.74) is 4.22. The van der Waals surface area contributed by atoms with Crippen molar-refractivity contribution in [3.05, 3.63) is 64.9 Å². The van der Waals surface area contributed by atoms with Gasteiger partial charge >= 0.3 is 0 Å². The van der Waals surface area contributed by atoms with Crippen molar-refractivity contribution >= 4 is 16.8 Å². The number of nitrogens with zero attached hydrogens (tertiary/aromatic N) is 3. The third-order valence-corrected chi connectivity index (χ3v) is 5.61. The fourth-order valence-electron chi connectivity index (χ4n) is 4.08. The van der Waals surface area contributed by atoms with Crippen LogP contribution in [0.2, 0.25) is 0 Å². The molecular weight excluding hydrogens is 367 g/mol. The molecule has 5 nitrogen and oxygen atoms in total. The average Bonchev–Trinajstić information content (AvgIpc) is 3.02. The van der Waals surface area contributed by atoms with E-state index in [0.29, 0.717) is 24.2 Å². The number of rotatable bonds is 4. The first-order valence-corrected chi connectivity index (χ1v) is 9.91. The Kier molecular flexibility index (Phi) is 5.06. The Balaban J connectivity index is 1.77. The molecule has 1 aliphatic rings. The van der Waals surface area contributed by atoms with Crippen LogP contribution in [0.5, 0.6) is 0 Å². The largest absolute Gasteiger partial charge is 0.353 e. The number of carbonyl (C=O) groups excluding carboxylic acids is 1. The van der Waals surface area contributed by atoms with Gasteiger partial charge in [-0.3, -0.25) is 9.78 Å². The maximum atomic E-state index is 14.2. The zero-order valence-electron chi connectivity index (χ0n) is 16.6. The van der Waals surface area contributed by atoms with Crippen LogP contribution >= 0.6 is 0 Å². The summed E-state index contributed by atoms with van der Waals surface area (Å²) in [7, 11) is 0. The minimum atomic E-state index is -0.324. The number of pyridine rings is 1. The minimum absolute atomic E-state index is 0.0514. The topological polar surface area (TPSA) is 70.7 Å². The van der Waals surface area contributed by atoms with Crippen LogP contribution in [-0.4, -0.2) is 21.5 Å². The van der Waals surface area contributed by atoms with E-state index in [1.807, 2.05) is 26.0 Å². The van der Waals surface area contributed by atoms with Gasteiger partial charge in [-0.15, -0.1) is 0 Å². The van der Waals surface area contributed by atoms with Crippen LogP contribution in [0.1, 0.15) is 42.8 Å². The zero-order chi connectivity index (χ0) is 20.5. The highest BCUT2D eigenvalue weighted by Gasteiger charge is 2.27. The Morgan fingerprint density at radius 2 is 2.24 bits per heavy atom. The molecular formula is C23H23FN4O. The Morgan fingerprint density at radius 1 is 1.41 bits per heavy atom. The molecule has 2 heterocycles. The van der Waals surface area contributed by atoms with Gasteiger partial charge in [-0.05, 0) is 55.2 Å². The second-order valence-electron chi connectivity index (χ2n) is 7.89. The summed E-state index contributed by atoms with van der Waals surface area (Å²) in [6.45, 7) is 4.11. The summed E-state index contributed by atoms with van der Waals surface area (Å²) in [5, 5.41) is 13.5. The lowest BCUT2D eigenvalue weighted by Gasteiger charge is -2.26. The second kappa shape index (κ2) is 7.67. The lowest BCUT2D eigenvalue weighted by Crippen LogP contribution is -2.41. The normalized spacial score (nSPS) is 15.9. The molecule has 0 fully saturated rings. The fraction of sp³-hybridized carbons (Fsp3) is 0.348. The Bertz CT molecular complexity index is 1130. The standard InChI is InChI=1S/C23H23FN4O/c1-14(2)23(29)27-16-6-8-22-18(11-16)17-10-15(12-25)5-7-21(17)28(22)13-20-19(24)4-3-9-26-20/h3-5,7,9-10,14,16H,6,8,11,13H2,1-2H3,(H,27,29). The van der Waals surface area contributed by atoms with Gasteiger partial charge in [0.15, 0.2) is 0 Å². The van der Waals surface area contributed by atoms with Crippen molar-refractivity contribution < 1.29 is 9.18 Å². The third-order valence-electron chi connectivity index (χ3n) is 5.61. The van der Waals surface area contributed by atoms with E-state index in [9.17, 15) is 14.4 Å². The summed E-state index contributed by atoms with van der Waals surface area (Å²) in [5.74, 6) is -0.333. The average molecular weight is 390 g/mol. The molecule has 148 valence electrons. The number of benzene rings is 1. The molecule has 4 rings (SSSR count). The molecule has 1 atom stereocenters. The minimum Gasteiger partial charge on any atom is -0.353 e. The monoisotopic (exact) mass is 390 g/mol. The molecule has 0 bridgehead atoms. The van der Waals surface area contributed by atoms with Crippen LogP contribution in [-0.2, 0) is 24.2 Å². The number of nitriles is 1. The number of halogens is 1. The number of amides is 1. The quantitative estimate of drug-likeness (QED) is 0.738. The van der Waals surface area contributed by atoms with Gasteiger partial charge in [0.05, 0.1) is 23.9 Å². The molecule has 1 aromatic carbocycles. The van der Waals surface area contributed by atoms with E-state index in [1.165, 1.54) is 6.07 Å². The van der Waals surface area contributed by atoms with Crippen molar-refractivity contribution in [2.75, 3.05) is 0 Å². The highest BCUT2D eigenvalue weighted by Crippen LogP contribution is 2.33. The molecule has 1 aliphatic carbocycles. The van der Waals surface area contributed by atoms with Gasteiger partial charge in [0.2, 0.25) is 5.91 Å². The molecule has 0 saturated carbocycles. The molecule has 6 heteroatoms. The van der Waals surface area contributed by atoms with E-state index in [-0.39, 0.29) is 23.7 Å². The van der Waals surface area contributed by atoms with Crippen molar-refractivity contribution in [1.82, 2.24) is 14.9 Å². The predicted molar refractivity (Wildman–Crippen MR) is 109 cm³/mol. The predicted octanol–water partition coefficient (Wildman–Crippen LogP) is 3.72. The van der Waals surface area contributed by atoms with Gasteiger partial charge in [-0.1, -0.05) is 13.8 Å². The van der Waals surface area contributed by atoms with E-state index < -0.39 is 0 Å². The summed E-state index contributed by atoms with van der Waals surface area (Å²) in [4.78, 5) is 16.4. The molecule has 3 aromatic rings. The van der Waals surface area contributed by atoms with Crippen LogP contribution in [0.25, 0.3) is 10.9 Å². The smallest absolute Gasteiger partial charge is 0.222 e. The Morgan fingerprint density at radius 3 is 2.97 bits per heavy atom. The maximum absolute atomic E-state index is 14.2. The molecule has 1 unspecified atom stereocenters. The molecule has 1 amide bonds. The van der Waals surface area contributed by atoms with E-state index in [1.54, 1.807) is 18.3 Å². The van der Waals surface area contributed by atoms with Gasteiger partial charge in [0.25, 0.3) is 0 Å².